The number of carbonyl (C=O) groups is 2. The third-order valence-electron chi connectivity index (χ3n) is 0.964. The van der Waals surface area contributed by atoms with Gasteiger partial charge >= 0.3 is 5.97 Å². The minimum atomic E-state index is -1.12. The molecule has 60 valence electrons. The molecule has 1 amide bonds. The zero-order valence-corrected chi connectivity index (χ0v) is 5.96. The number of amides is 1. The summed E-state index contributed by atoms with van der Waals surface area (Å²) in [5, 5.41) is 10.6. The van der Waals surface area contributed by atoms with Gasteiger partial charge in [-0.3, -0.25) is 4.79 Å². The normalized spacial score (nSPS) is 8.36. The van der Waals surface area contributed by atoms with Crippen LogP contribution in [0.2, 0.25) is 0 Å². The van der Waals surface area contributed by atoms with E-state index in [1.54, 1.807) is 0 Å². The van der Waals surface area contributed by atoms with E-state index in [9.17, 15) is 9.59 Å². The molecule has 0 spiro atoms. The zero-order valence-electron chi connectivity index (χ0n) is 5.96. The van der Waals surface area contributed by atoms with Crippen LogP contribution < -0.4 is 5.32 Å². The van der Waals surface area contributed by atoms with E-state index < -0.39 is 11.9 Å². The first-order chi connectivity index (χ1) is 5.07. The lowest BCUT2D eigenvalue weighted by Crippen LogP contribution is -2.25. The van der Waals surface area contributed by atoms with Crippen LogP contribution in [0.3, 0.4) is 0 Å². The molecule has 4 nitrogen and oxygen atoms in total. The molecule has 0 bridgehead atoms. The molecule has 0 aliphatic rings. The molecule has 0 saturated heterocycles. The number of nitrogens with one attached hydrogen (secondary N) is 1. The summed E-state index contributed by atoms with van der Waals surface area (Å²) in [4.78, 5) is 20.6. The fourth-order valence-corrected chi connectivity index (χ4v) is 0.342. The van der Waals surface area contributed by atoms with Crippen LogP contribution in [0.25, 0.3) is 0 Å². The van der Waals surface area contributed by atoms with Crippen LogP contribution in [-0.2, 0) is 9.59 Å². The average molecular weight is 155 g/mol. The molecule has 0 aliphatic carbocycles. The topological polar surface area (TPSA) is 66.4 Å². The first-order valence-electron chi connectivity index (χ1n) is 2.89. The molecule has 0 aromatic carbocycles. The molecule has 0 unspecified atom stereocenters. The SMILES string of the molecule is C=CC(=O)NCC(=C)C(=O)O. The average Bonchev–Trinajstić information content (AvgIpc) is 1.99. The molecule has 0 saturated carbocycles. The Hall–Kier alpha value is -1.58. The van der Waals surface area contributed by atoms with Gasteiger partial charge in [-0.15, -0.1) is 0 Å². The molecule has 0 rings (SSSR count). The lowest BCUT2D eigenvalue weighted by molar-refractivity contribution is -0.132. The number of carboxylic acids is 1. The van der Waals surface area contributed by atoms with Crippen molar-refractivity contribution in [3.05, 3.63) is 24.8 Å². The maximum atomic E-state index is 10.5. The highest BCUT2D eigenvalue weighted by Gasteiger charge is 2.03. The standard InChI is InChI=1S/C7H9NO3/c1-3-6(9)8-4-5(2)7(10)11/h3H,1-2,4H2,(H,8,9)(H,10,11). The van der Waals surface area contributed by atoms with Crippen molar-refractivity contribution in [2.45, 2.75) is 0 Å². The second-order valence-electron chi connectivity index (χ2n) is 1.83. The smallest absolute Gasteiger partial charge is 0.332 e. The molecular formula is C7H9NO3. The van der Waals surface area contributed by atoms with Crippen LogP contribution in [0.1, 0.15) is 0 Å². The van der Waals surface area contributed by atoms with E-state index in [4.69, 9.17) is 5.11 Å². The zero-order chi connectivity index (χ0) is 8.85. The molecule has 0 radical (unpaired) electrons. The van der Waals surface area contributed by atoms with Gasteiger partial charge in [0, 0.05) is 12.1 Å². The number of aliphatic carboxylic acids is 1. The van der Waals surface area contributed by atoms with Crippen LogP contribution in [0.15, 0.2) is 24.8 Å². The van der Waals surface area contributed by atoms with Gasteiger partial charge in [-0.2, -0.15) is 0 Å². The molecule has 11 heavy (non-hydrogen) atoms. The first-order valence-corrected chi connectivity index (χ1v) is 2.89. The van der Waals surface area contributed by atoms with Crippen molar-refractivity contribution in [1.82, 2.24) is 5.32 Å². The van der Waals surface area contributed by atoms with E-state index in [2.05, 4.69) is 18.5 Å². The fraction of sp³-hybridized carbons (Fsp3) is 0.143. The van der Waals surface area contributed by atoms with Crippen molar-refractivity contribution in [3.8, 4) is 0 Å². The monoisotopic (exact) mass is 155 g/mol. The van der Waals surface area contributed by atoms with E-state index in [1.807, 2.05) is 0 Å². The number of hydrogen-bond acceptors (Lipinski definition) is 2. The van der Waals surface area contributed by atoms with Gasteiger partial charge in [0.25, 0.3) is 0 Å². The number of carboxylic acid groups (broad SMARTS) is 1. The van der Waals surface area contributed by atoms with Gasteiger partial charge in [0.15, 0.2) is 0 Å². The van der Waals surface area contributed by atoms with Gasteiger partial charge < -0.3 is 10.4 Å². The lowest BCUT2D eigenvalue weighted by atomic mass is 10.3. The van der Waals surface area contributed by atoms with Gasteiger partial charge in [-0.05, 0) is 6.08 Å². The van der Waals surface area contributed by atoms with Crippen molar-refractivity contribution < 1.29 is 14.7 Å². The van der Waals surface area contributed by atoms with Gasteiger partial charge in [0.1, 0.15) is 0 Å². The summed E-state index contributed by atoms with van der Waals surface area (Å²) in [6.07, 6.45) is 1.06. The maximum Gasteiger partial charge on any atom is 0.332 e. The van der Waals surface area contributed by atoms with E-state index in [-0.39, 0.29) is 12.1 Å². The molecule has 0 aromatic rings. The van der Waals surface area contributed by atoms with Gasteiger partial charge in [0.2, 0.25) is 5.91 Å². The van der Waals surface area contributed by atoms with Crippen molar-refractivity contribution >= 4 is 11.9 Å². The summed E-state index contributed by atoms with van der Waals surface area (Å²) < 4.78 is 0. The molecule has 0 atom stereocenters. The summed E-state index contributed by atoms with van der Waals surface area (Å²) in [6.45, 7) is 6.35. The van der Waals surface area contributed by atoms with Gasteiger partial charge in [-0.25, -0.2) is 4.79 Å². The largest absolute Gasteiger partial charge is 0.478 e. The third-order valence-corrected chi connectivity index (χ3v) is 0.964. The van der Waals surface area contributed by atoms with E-state index in [0.29, 0.717) is 0 Å². The van der Waals surface area contributed by atoms with E-state index in [1.165, 1.54) is 0 Å². The molecule has 0 fully saturated rings. The van der Waals surface area contributed by atoms with E-state index in [0.717, 1.165) is 6.08 Å². The number of carbonyl (C=O) groups excluding carboxylic acids is 1. The molecule has 2 N–H and O–H groups in total. The van der Waals surface area contributed by atoms with Gasteiger partial charge in [-0.1, -0.05) is 13.2 Å². The Morgan fingerprint density at radius 2 is 2.09 bits per heavy atom. The Morgan fingerprint density at radius 3 is 2.45 bits per heavy atom. The van der Waals surface area contributed by atoms with Crippen LogP contribution in [0.4, 0.5) is 0 Å². The highest BCUT2D eigenvalue weighted by molar-refractivity contribution is 5.90. The molecular weight excluding hydrogens is 146 g/mol. The minimum Gasteiger partial charge on any atom is -0.478 e. The molecule has 4 heteroatoms. The Kier molecular flexibility index (Phi) is 3.66. The Morgan fingerprint density at radius 1 is 1.55 bits per heavy atom. The molecule has 0 heterocycles. The van der Waals surface area contributed by atoms with Crippen LogP contribution in [-0.4, -0.2) is 23.5 Å². The van der Waals surface area contributed by atoms with Crippen molar-refractivity contribution in [2.24, 2.45) is 0 Å². The highest BCUT2D eigenvalue weighted by Crippen LogP contribution is 1.85. The number of rotatable bonds is 4. The summed E-state index contributed by atoms with van der Waals surface area (Å²) in [5.74, 6) is -1.53. The summed E-state index contributed by atoms with van der Waals surface area (Å²) in [6, 6.07) is 0. The van der Waals surface area contributed by atoms with Crippen molar-refractivity contribution in [1.29, 1.82) is 0 Å². The second kappa shape index (κ2) is 4.27. The second-order valence-corrected chi connectivity index (χ2v) is 1.83. The fourth-order valence-electron chi connectivity index (χ4n) is 0.342. The minimum absolute atomic E-state index is 0.0554. The third kappa shape index (κ3) is 3.91. The van der Waals surface area contributed by atoms with Crippen molar-refractivity contribution in [3.63, 3.8) is 0 Å². The van der Waals surface area contributed by atoms with Crippen molar-refractivity contribution in [2.75, 3.05) is 6.54 Å². The Bertz CT molecular complexity index is 208. The quantitative estimate of drug-likeness (QED) is 0.558. The lowest BCUT2D eigenvalue weighted by Gasteiger charge is -1.99. The van der Waals surface area contributed by atoms with Crippen LogP contribution in [0.5, 0.6) is 0 Å². The predicted molar refractivity (Wildman–Crippen MR) is 40.0 cm³/mol. The summed E-state index contributed by atoms with van der Waals surface area (Å²) >= 11 is 0. The van der Waals surface area contributed by atoms with Crippen LogP contribution in [0, 0.1) is 0 Å². The van der Waals surface area contributed by atoms with Gasteiger partial charge in [0.05, 0.1) is 0 Å². The highest BCUT2D eigenvalue weighted by atomic mass is 16.4. The molecule has 0 aliphatic heterocycles. The Labute approximate surface area is 64.2 Å². The number of hydrogen-bond donors (Lipinski definition) is 2. The van der Waals surface area contributed by atoms with E-state index >= 15 is 0 Å². The maximum absolute atomic E-state index is 10.5. The predicted octanol–water partition coefficient (Wildman–Crippen LogP) is -0.0706. The summed E-state index contributed by atoms with van der Waals surface area (Å²) in [5.41, 5.74) is -0.0554. The first kappa shape index (κ1) is 9.42. The molecule has 0 aromatic heterocycles. The summed E-state index contributed by atoms with van der Waals surface area (Å²) in [7, 11) is 0. The Balaban J connectivity index is 3.71. The van der Waals surface area contributed by atoms with Crippen LogP contribution >= 0.6 is 0 Å².